The second-order valence-electron chi connectivity index (χ2n) is 9.72. The lowest BCUT2D eigenvalue weighted by molar-refractivity contribution is -0.432. The Morgan fingerprint density at radius 3 is 2.09 bits per heavy atom. The van der Waals surface area contributed by atoms with E-state index in [0.717, 1.165) is 39.1 Å². The number of hydrogen-bond donors (Lipinski definition) is 5. The van der Waals surface area contributed by atoms with E-state index in [2.05, 4.69) is 44.5 Å². The molecule has 0 spiro atoms. The summed E-state index contributed by atoms with van der Waals surface area (Å²) in [5.74, 6) is -0.409. The van der Waals surface area contributed by atoms with Crippen LogP contribution in [0.4, 0.5) is 34.1 Å². The second kappa shape index (κ2) is 15.0. The number of rotatable bonds is 12. The summed E-state index contributed by atoms with van der Waals surface area (Å²) in [7, 11) is 0. The standard InChI is InChI=1S/C32H23N5O8S2/c38-29-18-25(35-34-24-8-6-20-16-26(46-44-42-40)11-7-19(20)14-24)10-13-28(29)36-37-31-30(47-45-43-41)17-21-15-23(9-12-27(21)32(31)39)33-22-4-2-1-3-5-22/h1-18,33,38-41H. The van der Waals surface area contributed by atoms with Gasteiger partial charge in [0.1, 0.15) is 17.1 Å². The molecule has 0 saturated carbocycles. The van der Waals surface area contributed by atoms with Crippen molar-refractivity contribution in [1.82, 2.24) is 0 Å². The van der Waals surface area contributed by atoms with Crippen LogP contribution in [0.2, 0.25) is 0 Å². The molecule has 0 aliphatic heterocycles. The summed E-state index contributed by atoms with van der Waals surface area (Å²) in [5.41, 5.74) is 2.77. The fourth-order valence-corrected chi connectivity index (χ4v) is 5.49. The first-order valence-corrected chi connectivity index (χ1v) is 15.1. The van der Waals surface area contributed by atoms with Crippen LogP contribution in [-0.2, 0) is 18.7 Å². The van der Waals surface area contributed by atoms with Crippen LogP contribution in [-0.4, -0.2) is 20.7 Å². The minimum absolute atomic E-state index is 0.0303. The van der Waals surface area contributed by atoms with E-state index in [1.165, 1.54) is 12.1 Å². The SMILES string of the molecule is OOOSc1ccc2cc(N=Nc3ccc(N=Nc4c(SOOO)cc5cc(Nc6ccccc6)ccc5c4O)c(O)c3)ccc2c1. The number of phenolic OH excluding ortho intramolecular Hbond substituents is 2. The Hall–Kier alpha value is -5.10. The average Bonchev–Trinajstić information content (AvgIpc) is 3.09. The van der Waals surface area contributed by atoms with Crippen molar-refractivity contribution >= 4 is 79.8 Å². The summed E-state index contributed by atoms with van der Waals surface area (Å²) in [4.78, 5) is 1.02. The summed E-state index contributed by atoms with van der Waals surface area (Å²) in [6.07, 6.45) is 0. The Morgan fingerprint density at radius 2 is 1.30 bits per heavy atom. The lowest BCUT2D eigenvalue weighted by Crippen LogP contribution is -1.90. The largest absolute Gasteiger partial charge is 0.506 e. The Labute approximate surface area is 274 Å². The Bertz CT molecular complexity index is 2100. The zero-order valence-corrected chi connectivity index (χ0v) is 25.6. The number of nitrogens with zero attached hydrogens (tertiary/aromatic N) is 4. The molecule has 0 unspecified atom stereocenters. The molecule has 6 rings (SSSR count). The second-order valence-corrected chi connectivity index (χ2v) is 11.2. The van der Waals surface area contributed by atoms with Gasteiger partial charge in [0.25, 0.3) is 0 Å². The van der Waals surface area contributed by atoms with Crippen molar-refractivity contribution in [3.63, 3.8) is 0 Å². The van der Waals surface area contributed by atoms with Crippen molar-refractivity contribution in [2.45, 2.75) is 9.79 Å². The van der Waals surface area contributed by atoms with Gasteiger partial charge in [0.2, 0.25) is 0 Å². The highest BCUT2D eigenvalue weighted by Gasteiger charge is 2.16. The van der Waals surface area contributed by atoms with Crippen molar-refractivity contribution in [1.29, 1.82) is 0 Å². The van der Waals surface area contributed by atoms with Gasteiger partial charge in [-0.2, -0.15) is 10.2 Å². The predicted octanol–water partition coefficient (Wildman–Crippen LogP) is 10.8. The molecule has 0 bridgehead atoms. The molecule has 0 aromatic heterocycles. The van der Waals surface area contributed by atoms with Crippen LogP contribution in [0, 0.1) is 0 Å². The van der Waals surface area contributed by atoms with E-state index in [-0.39, 0.29) is 27.8 Å². The van der Waals surface area contributed by atoms with Gasteiger partial charge in [0.15, 0.2) is 5.75 Å². The van der Waals surface area contributed by atoms with Gasteiger partial charge < -0.3 is 15.5 Å². The molecule has 13 nitrogen and oxygen atoms in total. The Balaban J connectivity index is 1.22. The van der Waals surface area contributed by atoms with Gasteiger partial charge in [-0.1, -0.05) is 40.4 Å². The molecule has 0 fully saturated rings. The molecule has 236 valence electrons. The fraction of sp³-hybridized carbons (Fsp3) is 0. The van der Waals surface area contributed by atoms with Crippen molar-refractivity contribution in [2.75, 3.05) is 5.32 Å². The quantitative estimate of drug-likeness (QED) is 0.0362. The van der Waals surface area contributed by atoms with Crippen LogP contribution in [0.25, 0.3) is 21.5 Å². The maximum Gasteiger partial charge on any atom is 0.152 e. The lowest BCUT2D eigenvalue weighted by atomic mass is 10.1. The van der Waals surface area contributed by atoms with Crippen LogP contribution in [0.3, 0.4) is 0 Å². The molecule has 0 atom stereocenters. The number of aromatic hydroxyl groups is 2. The van der Waals surface area contributed by atoms with Crippen molar-refractivity contribution in [3.8, 4) is 11.5 Å². The van der Waals surface area contributed by atoms with Crippen LogP contribution in [0.15, 0.2) is 139 Å². The number of nitrogens with one attached hydrogen (secondary N) is 1. The van der Waals surface area contributed by atoms with E-state index in [4.69, 9.17) is 10.5 Å². The topological polar surface area (TPSA) is 179 Å². The van der Waals surface area contributed by atoms with Crippen molar-refractivity contribution in [2.24, 2.45) is 20.5 Å². The Kier molecular flexibility index (Phi) is 10.2. The van der Waals surface area contributed by atoms with Gasteiger partial charge in [-0.05, 0) is 89.0 Å². The highest BCUT2D eigenvalue weighted by atomic mass is 32.2. The van der Waals surface area contributed by atoms with Gasteiger partial charge in [-0.25, -0.2) is 10.5 Å². The molecule has 6 aromatic carbocycles. The third kappa shape index (κ3) is 7.83. The molecular formula is C32H23N5O8S2. The van der Waals surface area contributed by atoms with E-state index < -0.39 is 0 Å². The van der Waals surface area contributed by atoms with Gasteiger partial charge in [0, 0.05) is 27.7 Å². The first kappa shape index (κ1) is 31.9. The third-order valence-electron chi connectivity index (χ3n) is 6.72. The van der Waals surface area contributed by atoms with Gasteiger partial charge in [-0.15, -0.1) is 18.9 Å². The van der Waals surface area contributed by atoms with Gasteiger partial charge in [-0.3, -0.25) is 0 Å². The molecule has 0 amide bonds. The summed E-state index contributed by atoms with van der Waals surface area (Å²) in [6, 6.07) is 32.2. The summed E-state index contributed by atoms with van der Waals surface area (Å²) >= 11 is 1.49. The number of para-hydroxylation sites is 1. The molecule has 0 heterocycles. The molecule has 47 heavy (non-hydrogen) atoms. The van der Waals surface area contributed by atoms with Crippen molar-refractivity contribution in [3.05, 3.63) is 109 Å². The number of anilines is 2. The Morgan fingerprint density at radius 1 is 0.574 bits per heavy atom. The summed E-state index contributed by atoms with van der Waals surface area (Å²) in [5, 5.41) is 69.3. The summed E-state index contributed by atoms with van der Waals surface area (Å²) in [6.45, 7) is 0. The number of azo groups is 2. The minimum Gasteiger partial charge on any atom is -0.506 e. The molecule has 0 aliphatic rings. The average molecular weight is 670 g/mol. The van der Waals surface area contributed by atoms with E-state index in [9.17, 15) is 10.2 Å². The predicted molar refractivity (Wildman–Crippen MR) is 177 cm³/mol. The number of fused-ring (bicyclic) bond motifs is 2. The first-order chi connectivity index (χ1) is 23.0. The fourth-order valence-electron chi connectivity index (χ4n) is 4.59. The molecule has 0 radical (unpaired) electrons. The number of hydrogen-bond acceptors (Lipinski definition) is 15. The zero-order valence-electron chi connectivity index (χ0n) is 23.9. The van der Waals surface area contributed by atoms with E-state index in [1.54, 1.807) is 30.3 Å². The molecule has 6 aromatic rings. The minimum atomic E-state index is -0.219. The zero-order chi connectivity index (χ0) is 32.6. The van der Waals surface area contributed by atoms with Crippen LogP contribution in [0.1, 0.15) is 0 Å². The van der Waals surface area contributed by atoms with Gasteiger partial charge >= 0.3 is 0 Å². The molecule has 5 N–H and O–H groups in total. The number of phenols is 2. The van der Waals surface area contributed by atoms with Gasteiger partial charge in [0.05, 0.1) is 40.4 Å². The molecule has 0 aliphatic carbocycles. The maximum atomic E-state index is 11.1. The van der Waals surface area contributed by atoms with Crippen molar-refractivity contribution < 1.29 is 39.5 Å². The highest BCUT2D eigenvalue weighted by Crippen LogP contribution is 2.45. The third-order valence-corrected chi connectivity index (χ3v) is 7.92. The molecule has 0 saturated heterocycles. The smallest absolute Gasteiger partial charge is 0.152 e. The number of benzene rings is 6. The van der Waals surface area contributed by atoms with Crippen LogP contribution >= 0.6 is 24.1 Å². The van der Waals surface area contributed by atoms with Crippen LogP contribution in [0.5, 0.6) is 11.5 Å². The molecular weight excluding hydrogens is 647 g/mol. The van der Waals surface area contributed by atoms with E-state index >= 15 is 0 Å². The lowest BCUT2D eigenvalue weighted by Gasteiger charge is -2.11. The molecule has 15 heteroatoms. The maximum absolute atomic E-state index is 11.1. The monoisotopic (exact) mass is 669 g/mol. The normalized spacial score (nSPS) is 11.7. The summed E-state index contributed by atoms with van der Waals surface area (Å²) < 4.78 is 9.11. The highest BCUT2D eigenvalue weighted by molar-refractivity contribution is 7.94. The first-order valence-electron chi connectivity index (χ1n) is 13.6. The van der Waals surface area contributed by atoms with E-state index in [0.29, 0.717) is 34.2 Å². The van der Waals surface area contributed by atoms with E-state index in [1.807, 2.05) is 66.7 Å². The van der Waals surface area contributed by atoms with Crippen LogP contribution < -0.4 is 5.32 Å².